The largest absolute Gasteiger partial charge is 0.397 e. The van der Waals surface area contributed by atoms with E-state index in [4.69, 9.17) is 5.73 Å². The standard InChI is InChI=1S/C26H24N2.C19H18N2.C7H7Br/c1-19-10-6-8-14-23(19)21-16-17-25(28-24-15-9-7-11-20(24)2)26(18-21)27-22-12-4-3-5-13-22;1-14-7-5-6-10-17(14)15-11-12-18(20)19(13-15)21-16-8-3-2-4-9-16;1-6-4-2-3-5-7(6)8/h3-18,27-28H,1-2H3;2-13,21H,20H2,1H3;2-5H,1H3. The Kier molecular flexibility index (Phi) is 14.0. The molecule has 0 aliphatic rings. The summed E-state index contributed by atoms with van der Waals surface area (Å²) in [5.74, 6) is 0. The van der Waals surface area contributed by atoms with Crippen LogP contribution in [0.5, 0.6) is 0 Å². The van der Waals surface area contributed by atoms with Gasteiger partial charge in [0.1, 0.15) is 0 Å². The van der Waals surface area contributed by atoms with Crippen molar-refractivity contribution >= 4 is 55.7 Å². The van der Waals surface area contributed by atoms with Crippen molar-refractivity contribution in [3.05, 3.63) is 221 Å². The summed E-state index contributed by atoms with van der Waals surface area (Å²) in [7, 11) is 0. The van der Waals surface area contributed by atoms with Crippen LogP contribution in [-0.4, -0.2) is 0 Å². The third-order valence-corrected chi connectivity index (χ3v) is 10.5. The molecule has 8 rings (SSSR count). The second-order valence-corrected chi connectivity index (χ2v) is 14.7. The Morgan fingerprint density at radius 2 is 0.789 bits per heavy atom. The van der Waals surface area contributed by atoms with Crippen molar-refractivity contribution in [2.75, 3.05) is 21.7 Å². The van der Waals surface area contributed by atoms with Gasteiger partial charge in [0.25, 0.3) is 0 Å². The van der Waals surface area contributed by atoms with E-state index in [-0.39, 0.29) is 0 Å². The molecule has 0 saturated carbocycles. The number of nitrogen functional groups attached to an aromatic ring is 1. The second-order valence-electron chi connectivity index (χ2n) is 13.9. The zero-order valence-corrected chi connectivity index (χ0v) is 34.5. The number of halogens is 1. The molecule has 4 nitrogen and oxygen atoms in total. The van der Waals surface area contributed by atoms with Crippen molar-refractivity contribution in [3.8, 4) is 22.3 Å². The molecule has 8 aromatic carbocycles. The van der Waals surface area contributed by atoms with E-state index in [0.29, 0.717) is 0 Å². The van der Waals surface area contributed by atoms with Crippen molar-refractivity contribution < 1.29 is 0 Å². The van der Waals surface area contributed by atoms with E-state index >= 15 is 0 Å². The minimum Gasteiger partial charge on any atom is -0.397 e. The molecule has 5 N–H and O–H groups in total. The maximum atomic E-state index is 6.09. The molecule has 0 radical (unpaired) electrons. The number of nitrogens with two attached hydrogens (primary N) is 1. The van der Waals surface area contributed by atoms with E-state index in [1.54, 1.807) is 0 Å². The van der Waals surface area contributed by atoms with E-state index < -0.39 is 0 Å². The normalized spacial score (nSPS) is 10.3. The lowest BCUT2D eigenvalue weighted by Gasteiger charge is -2.17. The molecule has 0 aliphatic heterocycles. The first-order chi connectivity index (χ1) is 27.7. The highest BCUT2D eigenvalue weighted by atomic mass is 79.9. The van der Waals surface area contributed by atoms with Crippen LogP contribution in [0.25, 0.3) is 22.3 Å². The molecule has 284 valence electrons. The van der Waals surface area contributed by atoms with E-state index in [2.05, 4.69) is 181 Å². The molecule has 0 saturated heterocycles. The maximum absolute atomic E-state index is 6.09. The molecule has 0 aromatic heterocycles. The molecule has 0 amide bonds. The van der Waals surface area contributed by atoms with Crippen LogP contribution in [0.3, 0.4) is 0 Å². The Balaban J connectivity index is 0.000000166. The van der Waals surface area contributed by atoms with Gasteiger partial charge in [-0.05, 0) is 133 Å². The average molecular weight is 810 g/mol. The zero-order valence-electron chi connectivity index (χ0n) is 32.9. The summed E-state index contributed by atoms with van der Waals surface area (Å²) in [6.07, 6.45) is 0. The van der Waals surface area contributed by atoms with Gasteiger partial charge in [-0.1, -0.05) is 149 Å². The van der Waals surface area contributed by atoms with Gasteiger partial charge in [-0.15, -0.1) is 0 Å². The van der Waals surface area contributed by atoms with Crippen LogP contribution in [0.4, 0.5) is 39.8 Å². The first-order valence-corrected chi connectivity index (χ1v) is 19.9. The van der Waals surface area contributed by atoms with Gasteiger partial charge in [-0.25, -0.2) is 0 Å². The first-order valence-electron chi connectivity index (χ1n) is 19.1. The average Bonchev–Trinajstić information content (AvgIpc) is 3.23. The topological polar surface area (TPSA) is 62.1 Å². The molecule has 0 unspecified atom stereocenters. The highest BCUT2D eigenvalue weighted by Crippen LogP contribution is 2.35. The van der Waals surface area contributed by atoms with Crippen LogP contribution >= 0.6 is 15.9 Å². The van der Waals surface area contributed by atoms with Gasteiger partial charge in [-0.3, -0.25) is 0 Å². The van der Waals surface area contributed by atoms with Crippen LogP contribution in [0.1, 0.15) is 22.3 Å². The number of benzene rings is 8. The number of nitrogens with one attached hydrogen (secondary N) is 3. The number of hydrogen-bond acceptors (Lipinski definition) is 4. The molecular formula is C52H49BrN4. The van der Waals surface area contributed by atoms with Gasteiger partial charge in [0, 0.05) is 21.5 Å². The number of aryl methyl sites for hydroxylation is 4. The summed E-state index contributed by atoms with van der Waals surface area (Å²) in [5, 5.41) is 10.5. The van der Waals surface area contributed by atoms with Crippen LogP contribution < -0.4 is 21.7 Å². The second kappa shape index (κ2) is 19.9. The molecule has 0 fully saturated rings. The van der Waals surface area contributed by atoms with Crippen molar-refractivity contribution in [1.82, 2.24) is 0 Å². The molecule has 8 aromatic rings. The van der Waals surface area contributed by atoms with Gasteiger partial charge < -0.3 is 21.7 Å². The van der Waals surface area contributed by atoms with Crippen molar-refractivity contribution in [3.63, 3.8) is 0 Å². The van der Waals surface area contributed by atoms with E-state index in [9.17, 15) is 0 Å². The Morgan fingerprint density at radius 3 is 1.30 bits per heavy atom. The van der Waals surface area contributed by atoms with Gasteiger partial charge in [-0.2, -0.15) is 0 Å². The lowest BCUT2D eigenvalue weighted by atomic mass is 9.99. The van der Waals surface area contributed by atoms with Gasteiger partial charge >= 0.3 is 0 Å². The minimum atomic E-state index is 0.746. The van der Waals surface area contributed by atoms with Crippen molar-refractivity contribution in [1.29, 1.82) is 0 Å². The first kappa shape index (κ1) is 40.1. The third-order valence-electron chi connectivity index (χ3n) is 9.58. The molecular weight excluding hydrogens is 761 g/mol. The van der Waals surface area contributed by atoms with Crippen LogP contribution in [0.15, 0.2) is 199 Å². The lowest BCUT2D eigenvalue weighted by Crippen LogP contribution is -1.99. The van der Waals surface area contributed by atoms with E-state index in [1.807, 2.05) is 72.8 Å². The summed E-state index contributed by atoms with van der Waals surface area (Å²) < 4.78 is 1.18. The molecule has 57 heavy (non-hydrogen) atoms. The number of hydrogen-bond donors (Lipinski definition) is 4. The monoisotopic (exact) mass is 808 g/mol. The van der Waals surface area contributed by atoms with Gasteiger partial charge in [0.05, 0.1) is 22.7 Å². The fraction of sp³-hybridized carbons (Fsp3) is 0.0769. The smallest absolute Gasteiger partial charge is 0.0629 e. The van der Waals surface area contributed by atoms with Crippen LogP contribution in [-0.2, 0) is 0 Å². The van der Waals surface area contributed by atoms with Crippen LogP contribution in [0, 0.1) is 27.7 Å². The number of rotatable bonds is 8. The number of para-hydroxylation sites is 3. The maximum Gasteiger partial charge on any atom is 0.0629 e. The third kappa shape index (κ3) is 11.3. The summed E-state index contributed by atoms with van der Waals surface area (Å²) in [5.41, 5.74) is 23.0. The minimum absolute atomic E-state index is 0.746. The predicted molar refractivity (Wildman–Crippen MR) is 250 cm³/mol. The molecule has 0 spiro atoms. The molecule has 0 aliphatic carbocycles. The van der Waals surface area contributed by atoms with Crippen molar-refractivity contribution in [2.24, 2.45) is 0 Å². The Bertz CT molecular complexity index is 2490. The van der Waals surface area contributed by atoms with Crippen molar-refractivity contribution in [2.45, 2.75) is 27.7 Å². The molecule has 0 atom stereocenters. The zero-order chi connectivity index (χ0) is 40.0. The van der Waals surface area contributed by atoms with Crippen LogP contribution in [0.2, 0.25) is 0 Å². The molecule has 0 heterocycles. The number of anilines is 7. The lowest BCUT2D eigenvalue weighted by molar-refractivity contribution is 1.42. The quantitative estimate of drug-likeness (QED) is 0.115. The summed E-state index contributed by atoms with van der Waals surface area (Å²) >= 11 is 3.40. The Morgan fingerprint density at radius 1 is 0.351 bits per heavy atom. The Hall–Kier alpha value is -6.56. The highest BCUT2D eigenvalue weighted by molar-refractivity contribution is 9.10. The molecule has 0 bridgehead atoms. The Labute approximate surface area is 346 Å². The summed E-state index contributed by atoms with van der Waals surface area (Å²) in [6.45, 7) is 8.47. The predicted octanol–water partition coefficient (Wildman–Crippen LogP) is 15.2. The SMILES string of the molecule is Cc1ccccc1-c1ccc(N)c(Nc2ccccc2)c1.Cc1ccccc1Br.Cc1ccccc1Nc1ccc(-c2ccccc2C)cc1Nc1ccccc1. The fourth-order valence-corrected chi connectivity index (χ4v) is 6.60. The molecule has 5 heteroatoms. The summed E-state index contributed by atoms with van der Waals surface area (Å²) in [4.78, 5) is 0. The van der Waals surface area contributed by atoms with Gasteiger partial charge in [0.15, 0.2) is 0 Å². The summed E-state index contributed by atoms with van der Waals surface area (Å²) in [6, 6.07) is 66.4. The fourth-order valence-electron chi connectivity index (χ4n) is 6.31. The highest BCUT2D eigenvalue weighted by Gasteiger charge is 2.10. The van der Waals surface area contributed by atoms with E-state index in [0.717, 1.165) is 39.8 Å². The van der Waals surface area contributed by atoms with E-state index in [1.165, 1.54) is 49.0 Å². The van der Waals surface area contributed by atoms with Gasteiger partial charge in [0.2, 0.25) is 0 Å².